The Morgan fingerprint density at radius 2 is 2.00 bits per heavy atom. The number of ether oxygens (including phenoxy) is 1. The maximum Gasteiger partial charge on any atom is 0.296 e. The van der Waals surface area contributed by atoms with Crippen molar-refractivity contribution in [3.63, 3.8) is 0 Å². The average molecular weight is 308 g/mol. The monoisotopic (exact) mass is 308 g/mol. The first-order valence-corrected chi connectivity index (χ1v) is 8.91. The predicted octanol–water partition coefficient (Wildman–Crippen LogP) is 2.51. The van der Waals surface area contributed by atoms with Gasteiger partial charge in [-0.25, -0.2) is 0 Å². The maximum atomic E-state index is 12.3. The summed E-state index contributed by atoms with van der Waals surface area (Å²) in [4.78, 5) is 0.236. The molecule has 5 heteroatoms. The molecule has 3 aliphatic rings. The summed E-state index contributed by atoms with van der Waals surface area (Å²) in [5.41, 5.74) is 0.964. The number of benzene rings is 1. The lowest BCUT2D eigenvalue weighted by atomic mass is 9.75. The van der Waals surface area contributed by atoms with Gasteiger partial charge in [-0.05, 0) is 49.1 Å². The van der Waals surface area contributed by atoms with Gasteiger partial charge >= 0.3 is 0 Å². The van der Waals surface area contributed by atoms with E-state index in [1.807, 2.05) is 6.92 Å². The highest BCUT2D eigenvalue weighted by molar-refractivity contribution is 7.86. The Kier molecular flexibility index (Phi) is 2.82. The van der Waals surface area contributed by atoms with Crippen LogP contribution in [0.3, 0.4) is 0 Å². The fraction of sp³-hybridized carbons (Fsp3) is 0.625. The lowest BCUT2D eigenvalue weighted by Gasteiger charge is -2.31. The minimum absolute atomic E-state index is 0.0693. The minimum Gasteiger partial charge on any atom is -0.369 e. The van der Waals surface area contributed by atoms with Crippen molar-refractivity contribution in [1.82, 2.24) is 0 Å². The highest BCUT2D eigenvalue weighted by Crippen LogP contribution is 2.64. The van der Waals surface area contributed by atoms with Gasteiger partial charge in [0.05, 0.1) is 23.7 Å². The summed E-state index contributed by atoms with van der Waals surface area (Å²) in [5, 5.41) is 0. The van der Waals surface area contributed by atoms with Gasteiger partial charge in [-0.2, -0.15) is 8.42 Å². The second-order valence-corrected chi connectivity index (χ2v) is 8.67. The molecule has 0 spiro atoms. The molecule has 2 aliphatic carbocycles. The lowest BCUT2D eigenvalue weighted by molar-refractivity contribution is 0.102. The molecule has 0 radical (unpaired) electrons. The van der Waals surface area contributed by atoms with Gasteiger partial charge in [0.15, 0.2) is 0 Å². The topological polar surface area (TPSA) is 55.9 Å². The molecule has 0 aromatic heterocycles. The molecule has 1 aromatic rings. The molecule has 4 nitrogen and oxygen atoms in total. The first kappa shape index (κ1) is 13.7. The Hall–Kier alpha value is -0.910. The molecule has 0 amide bonds. The van der Waals surface area contributed by atoms with Gasteiger partial charge in [0.1, 0.15) is 0 Å². The van der Waals surface area contributed by atoms with Crippen molar-refractivity contribution in [1.29, 1.82) is 0 Å². The normalized spacial score (nSPS) is 40.3. The van der Waals surface area contributed by atoms with E-state index >= 15 is 0 Å². The van der Waals surface area contributed by atoms with Gasteiger partial charge in [0, 0.05) is 0 Å². The first-order valence-electron chi connectivity index (χ1n) is 7.51. The summed E-state index contributed by atoms with van der Waals surface area (Å²) in [6, 6.07) is 6.79. The Balaban J connectivity index is 1.48. The van der Waals surface area contributed by atoms with E-state index in [4.69, 9.17) is 8.92 Å². The van der Waals surface area contributed by atoms with Crippen LogP contribution in [0.5, 0.6) is 0 Å². The molecule has 21 heavy (non-hydrogen) atoms. The van der Waals surface area contributed by atoms with Crippen LogP contribution in [0, 0.1) is 24.2 Å². The van der Waals surface area contributed by atoms with Crippen LogP contribution in [0.2, 0.25) is 0 Å². The van der Waals surface area contributed by atoms with Crippen LogP contribution in [0.4, 0.5) is 0 Å². The zero-order chi connectivity index (χ0) is 14.8. The zero-order valence-corrected chi connectivity index (χ0v) is 13.1. The highest BCUT2D eigenvalue weighted by atomic mass is 32.2. The third-order valence-corrected chi connectivity index (χ3v) is 6.73. The zero-order valence-electron chi connectivity index (χ0n) is 12.3. The molecule has 5 atom stereocenters. The second kappa shape index (κ2) is 4.31. The third-order valence-electron chi connectivity index (χ3n) is 5.46. The quantitative estimate of drug-likeness (QED) is 0.633. The largest absolute Gasteiger partial charge is 0.369 e. The number of epoxide rings is 1. The summed E-state index contributed by atoms with van der Waals surface area (Å²) < 4.78 is 35.6. The molecule has 2 bridgehead atoms. The minimum atomic E-state index is -3.66. The van der Waals surface area contributed by atoms with E-state index in [-0.39, 0.29) is 16.9 Å². The molecular formula is C16H20O4S. The standard InChI is InChI=1S/C16H20O4S/c1-10-3-5-12(6-4-10)21(17,18)19-9-16(2)8-11-7-13(16)15-14(11)20-15/h3-6,11,13-15H,7-9H2,1-2H3/t11-,13+,14+,15-,16+/m1/s1. The molecule has 2 saturated carbocycles. The Morgan fingerprint density at radius 3 is 2.62 bits per heavy atom. The molecule has 1 saturated heterocycles. The fourth-order valence-corrected chi connectivity index (χ4v) is 5.25. The number of hydrogen-bond acceptors (Lipinski definition) is 4. The maximum absolute atomic E-state index is 12.3. The Morgan fingerprint density at radius 1 is 1.29 bits per heavy atom. The van der Waals surface area contributed by atoms with Crippen LogP contribution < -0.4 is 0 Å². The van der Waals surface area contributed by atoms with Crippen molar-refractivity contribution >= 4 is 10.1 Å². The summed E-state index contributed by atoms with van der Waals surface area (Å²) in [5.74, 6) is 1.07. The van der Waals surface area contributed by atoms with Gasteiger partial charge in [0.25, 0.3) is 10.1 Å². The van der Waals surface area contributed by atoms with Crippen molar-refractivity contribution in [2.75, 3.05) is 6.61 Å². The lowest BCUT2D eigenvalue weighted by Crippen LogP contribution is -2.34. The average Bonchev–Trinajstić information content (AvgIpc) is 3.08. The number of aryl methyl sites for hydroxylation is 1. The predicted molar refractivity (Wildman–Crippen MR) is 77.3 cm³/mol. The van der Waals surface area contributed by atoms with Crippen LogP contribution >= 0.6 is 0 Å². The van der Waals surface area contributed by atoms with E-state index in [2.05, 4.69) is 6.92 Å². The van der Waals surface area contributed by atoms with Crippen molar-refractivity contribution in [3.8, 4) is 0 Å². The molecule has 1 aromatic carbocycles. The van der Waals surface area contributed by atoms with Crippen LogP contribution in [0.1, 0.15) is 25.3 Å². The van der Waals surface area contributed by atoms with E-state index < -0.39 is 10.1 Å². The molecule has 4 rings (SSSR count). The molecule has 3 fully saturated rings. The first-order chi connectivity index (χ1) is 9.89. The highest BCUT2D eigenvalue weighted by Gasteiger charge is 2.67. The summed E-state index contributed by atoms with van der Waals surface area (Å²) in [7, 11) is -3.66. The second-order valence-electron chi connectivity index (χ2n) is 7.06. The van der Waals surface area contributed by atoms with Gasteiger partial charge in [-0.1, -0.05) is 24.6 Å². The van der Waals surface area contributed by atoms with Crippen LogP contribution in [-0.4, -0.2) is 27.2 Å². The summed E-state index contributed by atoms with van der Waals surface area (Å²) in [6.45, 7) is 4.33. The SMILES string of the molecule is Cc1ccc(S(=O)(=O)OC[C@]2(C)C[C@H]3C[C@H]2[C@H]2O[C@@H]32)cc1. The third kappa shape index (κ3) is 2.14. The van der Waals surface area contributed by atoms with Crippen LogP contribution in [-0.2, 0) is 19.0 Å². The molecule has 1 heterocycles. The molecule has 0 unspecified atom stereocenters. The number of hydrogen-bond donors (Lipinski definition) is 0. The summed E-state index contributed by atoms with van der Waals surface area (Å²) in [6.07, 6.45) is 3.00. The fourth-order valence-electron chi connectivity index (χ4n) is 4.22. The van der Waals surface area contributed by atoms with Crippen LogP contribution in [0.15, 0.2) is 29.2 Å². The van der Waals surface area contributed by atoms with Crippen molar-refractivity contribution in [3.05, 3.63) is 29.8 Å². The van der Waals surface area contributed by atoms with Crippen molar-refractivity contribution in [2.45, 2.75) is 43.8 Å². The number of rotatable bonds is 4. The van der Waals surface area contributed by atoms with Crippen molar-refractivity contribution < 1.29 is 17.3 Å². The van der Waals surface area contributed by atoms with Crippen LogP contribution in [0.25, 0.3) is 0 Å². The number of fused-ring (bicyclic) bond motifs is 5. The van der Waals surface area contributed by atoms with Gasteiger partial charge < -0.3 is 4.74 Å². The molecule has 1 aliphatic heterocycles. The molecule has 114 valence electrons. The van der Waals surface area contributed by atoms with Gasteiger partial charge in [0.2, 0.25) is 0 Å². The van der Waals surface area contributed by atoms with E-state index in [0.717, 1.165) is 12.0 Å². The Labute approximate surface area is 125 Å². The van der Waals surface area contributed by atoms with Gasteiger partial charge in [-0.3, -0.25) is 4.18 Å². The van der Waals surface area contributed by atoms with E-state index in [1.165, 1.54) is 6.42 Å². The Bertz CT molecular complexity index is 666. The molecular weight excluding hydrogens is 288 g/mol. The molecule has 0 N–H and O–H groups in total. The van der Waals surface area contributed by atoms with E-state index in [9.17, 15) is 8.42 Å². The van der Waals surface area contributed by atoms with Gasteiger partial charge in [-0.15, -0.1) is 0 Å². The smallest absolute Gasteiger partial charge is 0.296 e. The van der Waals surface area contributed by atoms with E-state index in [1.54, 1.807) is 24.3 Å². The van der Waals surface area contributed by atoms with E-state index in [0.29, 0.717) is 24.0 Å². The van der Waals surface area contributed by atoms with Crippen molar-refractivity contribution in [2.24, 2.45) is 17.3 Å². The summed E-state index contributed by atoms with van der Waals surface area (Å²) >= 11 is 0.